The first kappa shape index (κ1) is 8.13. The van der Waals surface area contributed by atoms with E-state index in [4.69, 9.17) is 10.6 Å². The highest BCUT2D eigenvalue weighted by atomic mass is 32.2. The zero-order chi connectivity index (χ0) is 7.11. The zero-order valence-electron chi connectivity index (χ0n) is 4.52. The Hall–Kier alpha value is -0.870. The summed E-state index contributed by atoms with van der Waals surface area (Å²) in [4.78, 5) is 12.3. The molecule has 0 aromatic rings. The molecule has 0 unspecified atom stereocenters. The van der Waals surface area contributed by atoms with Gasteiger partial charge in [0.15, 0.2) is 0 Å². The molecule has 0 fully saturated rings. The van der Waals surface area contributed by atoms with Crippen LogP contribution in [0.2, 0.25) is 0 Å². The molecular weight excluding hydrogens is 142 g/mol. The molecule has 0 saturated heterocycles. The van der Waals surface area contributed by atoms with Gasteiger partial charge in [0, 0.05) is 4.91 Å². The van der Waals surface area contributed by atoms with Gasteiger partial charge in [0.05, 0.1) is 11.6 Å². The van der Waals surface area contributed by atoms with Crippen LogP contribution in [0.25, 0.3) is 10.4 Å². The fraction of sp³-hybridized carbons (Fsp3) is 0.667. The average molecular weight is 147 g/mol. The maximum absolute atomic E-state index is 9.81. The number of rotatable bonds is 4. The van der Waals surface area contributed by atoms with Gasteiger partial charge in [-0.3, -0.25) is 4.79 Å². The standard InChI is InChI=1S/C3H5N3O2S/c4-6-5-2-9-1-3(7)8/h1-2H2,(H,7,8). The van der Waals surface area contributed by atoms with Crippen LogP contribution < -0.4 is 0 Å². The van der Waals surface area contributed by atoms with E-state index < -0.39 is 5.97 Å². The summed E-state index contributed by atoms with van der Waals surface area (Å²) in [7, 11) is 0. The van der Waals surface area contributed by atoms with Crippen LogP contribution in [-0.2, 0) is 4.79 Å². The van der Waals surface area contributed by atoms with Crippen molar-refractivity contribution >= 4 is 17.7 Å². The molecule has 0 spiro atoms. The van der Waals surface area contributed by atoms with Crippen molar-refractivity contribution in [2.45, 2.75) is 0 Å². The number of carbonyl (C=O) groups is 1. The van der Waals surface area contributed by atoms with Crippen LogP contribution in [0.5, 0.6) is 0 Å². The highest BCUT2D eigenvalue weighted by molar-refractivity contribution is 7.99. The number of aliphatic carboxylic acids is 1. The van der Waals surface area contributed by atoms with Gasteiger partial charge in [0.2, 0.25) is 0 Å². The van der Waals surface area contributed by atoms with Crippen molar-refractivity contribution in [2.24, 2.45) is 5.11 Å². The Morgan fingerprint density at radius 3 is 3.00 bits per heavy atom. The quantitative estimate of drug-likeness (QED) is 0.279. The van der Waals surface area contributed by atoms with E-state index in [1.54, 1.807) is 0 Å². The van der Waals surface area contributed by atoms with Crippen molar-refractivity contribution in [1.82, 2.24) is 0 Å². The van der Waals surface area contributed by atoms with Gasteiger partial charge in [-0.05, 0) is 5.53 Å². The van der Waals surface area contributed by atoms with Crippen LogP contribution >= 0.6 is 11.8 Å². The number of hydrogen-bond donors (Lipinski definition) is 1. The van der Waals surface area contributed by atoms with Crippen molar-refractivity contribution < 1.29 is 9.90 Å². The molecule has 9 heavy (non-hydrogen) atoms. The lowest BCUT2D eigenvalue weighted by Crippen LogP contribution is -1.97. The molecule has 1 N–H and O–H groups in total. The van der Waals surface area contributed by atoms with E-state index in [9.17, 15) is 4.79 Å². The first-order valence-electron chi connectivity index (χ1n) is 2.07. The zero-order valence-corrected chi connectivity index (χ0v) is 5.34. The normalized spacial score (nSPS) is 8.00. The number of azide groups is 1. The van der Waals surface area contributed by atoms with Crippen LogP contribution in [0, 0.1) is 0 Å². The minimum absolute atomic E-state index is 0.0149. The number of carboxylic acid groups (broad SMARTS) is 1. The lowest BCUT2D eigenvalue weighted by molar-refractivity contribution is -0.133. The van der Waals surface area contributed by atoms with Gasteiger partial charge in [-0.25, -0.2) is 0 Å². The Labute approximate surface area is 55.7 Å². The summed E-state index contributed by atoms with van der Waals surface area (Å²) in [6, 6.07) is 0. The third-order valence-corrected chi connectivity index (χ3v) is 1.19. The van der Waals surface area contributed by atoms with Crippen molar-refractivity contribution in [3.05, 3.63) is 10.4 Å². The van der Waals surface area contributed by atoms with E-state index in [1.807, 2.05) is 0 Å². The molecule has 0 heterocycles. The lowest BCUT2D eigenvalue weighted by atomic mass is 10.8. The van der Waals surface area contributed by atoms with Crippen molar-refractivity contribution in [3.8, 4) is 0 Å². The van der Waals surface area contributed by atoms with Crippen molar-refractivity contribution in [2.75, 3.05) is 11.6 Å². The van der Waals surface area contributed by atoms with E-state index in [1.165, 1.54) is 0 Å². The van der Waals surface area contributed by atoms with Crippen LogP contribution in [0.3, 0.4) is 0 Å². The van der Waals surface area contributed by atoms with E-state index >= 15 is 0 Å². The molecule has 0 atom stereocenters. The Morgan fingerprint density at radius 1 is 1.89 bits per heavy atom. The topological polar surface area (TPSA) is 86.1 Å². The molecule has 0 aromatic carbocycles. The first-order chi connectivity index (χ1) is 4.27. The third-order valence-electron chi connectivity index (χ3n) is 0.438. The van der Waals surface area contributed by atoms with Crippen molar-refractivity contribution in [1.29, 1.82) is 0 Å². The molecule has 0 aliphatic rings. The van der Waals surface area contributed by atoms with Crippen LogP contribution in [0.1, 0.15) is 0 Å². The fourth-order valence-corrected chi connectivity index (χ4v) is 0.599. The molecule has 0 saturated carbocycles. The summed E-state index contributed by atoms with van der Waals surface area (Å²) < 4.78 is 0. The molecule has 5 nitrogen and oxygen atoms in total. The Balaban J connectivity index is 3.10. The highest BCUT2D eigenvalue weighted by Gasteiger charge is 1.92. The molecule has 50 valence electrons. The Bertz CT molecular complexity index is 140. The Kier molecular flexibility index (Phi) is 4.76. The van der Waals surface area contributed by atoms with E-state index in [0.717, 1.165) is 11.8 Å². The summed E-state index contributed by atoms with van der Waals surface area (Å²) >= 11 is 1.07. The van der Waals surface area contributed by atoms with Gasteiger partial charge >= 0.3 is 5.97 Å². The second-order valence-corrected chi connectivity index (χ2v) is 2.06. The minimum atomic E-state index is -0.895. The molecule has 0 radical (unpaired) electrons. The maximum atomic E-state index is 9.81. The number of thioether (sulfide) groups is 1. The predicted molar refractivity (Wildman–Crippen MR) is 34.1 cm³/mol. The van der Waals surface area contributed by atoms with Crippen LogP contribution in [0.4, 0.5) is 0 Å². The summed E-state index contributed by atoms with van der Waals surface area (Å²) in [6.45, 7) is 0. The van der Waals surface area contributed by atoms with Crippen molar-refractivity contribution in [3.63, 3.8) is 0 Å². The van der Waals surface area contributed by atoms with Gasteiger partial charge in [-0.2, -0.15) is 0 Å². The largest absolute Gasteiger partial charge is 0.481 e. The number of carboxylic acids is 1. The predicted octanol–water partition coefficient (Wildman–Crippen LogP) is 1.07. The average Bonchev–Trinajstić information content (AvgIpc) is 1.80. The third kappa shape index (κ3) is 7.13. The SMILES string of the molecule is [N-]=[N+]=NCSCC(=O)O. The van der Waals surface area contributed by atoms with Gasteiger partial charge in [0.25, 0.3) is 0 Å². The van der Waals surface area contributed by atoms with E-state index in [2.05, 4.69) is 10.0 Å². The molecule has 0 aliphatic carbocycles. The maximum Gasteiger partial charge on any atom is 0.313 e. The molecule has 0 bridgehead atoms. The van der Waals surface area contributed by atoms with Gasteiger partial charge < -0.3 is 5.11 Å². The summed E-state index contributed by atoms with van der Waals surface area (Å²) in [6.07, 6.45) is 0. The van der Waals surface area contributed by atoms with E-state index in [-0.39, 0.29) is 11.6 Å². The molecule has 0 rings (SSSR count). The van der Waals surface area contributed by atoms with Crippen LogP contribution in [-0.4, -0.2) is 22.7 Å². The second-order valence-electron chi connectivity index (χ2n) is 1.10. The Morgan fingerprint density at radius 2 is 2.56 bits per heavy atom. The second kappa shape index (κ2) is 5.27. The van der Waals surface area contributed by atoms with E-state index in [0.29, 0.717) is 0 Å². The number of nitrogens with zero attached hydrogens (tertiary/aromatic N) is 3. The number of hydrogen-bond acceptors (Lipinski definition) is 3. The fourth-order valence-electron chi connectivity index (χ4n) is 0.200. The summed E-state index contributed by atoms with van der Waals surface area (Å²) in [5.74, 6) is -0.727. The summed E-state index contributed by atoms with van der Waals surface area (Å²) in [5, 5.41) is 11.2. The van der Waals surface area contributed by atoms with Crippen LogP contribution in [0.15, 0.2) is 5.11 Å². The van der Waals surface area contributed by atoms with Gasteiger partial charge in [-0.15, -0.1) is 11.8 Å². The minimum Gasteiger partial charge on any atom is -0.481 e. The summed E-state index contributed by atoms with van der Waals surface area (Å²) in [5.41, 5.74) is 7.73. The molecule has 0 aromatic heterocycles. The lowest BCUT2D eigenvalue weighted by Gasteiger charge is -1.86. The van der Waals surface area contributed by atoms with Gasteiger partial charge in [-0.1, -0.05) is 5.11 Å². The highest BCUT2D eigenvalue weighted by Crippen LogP contribution is 1.98. The smallest absolute Gasteiger partial charge is 0.313 e. The molecule has 0 aliphatic heterocycles. The monoisotopic (exact) mass is 147 g/mol. The molecular formula is C3H5N3O2S. The molecule has 6 heteroatoms. The van der Waals surface area contributed by atoms with Gasteiger partial charge in [0.1, 0.15) is 0 Å². The first-order valence-corrected chi connectivity index (χ1v) is 3.23. The molecule has 0 amide bonds.